The molecule has 5 heteroatoms. The van der Waals surface area contributed by atoms with Crippen LogP contribution in [0.25, 0.3) is 0 Å². The molecule has 1 atom stereocenters. The van der Waals surface area contributed by atoms with Crippen molar-refractivity contribution in [1.29, 1.82) is 0 Å². The second-order valence-corrected chi connectivity index (χ2v) is 5.22. The van der Waals surface area contributed by atoms with E-state index < -0.39 is 0 Å². The topological polar surface area (TPSA) is 67.9 Å². The average molecular weight is 249 g/mol. The minimum atomic E-state index is -0.301. The first kappa shape index (κ1) is 14.3. The fourth-order valence-electron chi connectivity index (χ4n) is 1.53. The Morgan fingerprint density at radius 3 is 2.39 bits per heavy atom. The number of nitro groups is 1. The van der Waals surface area contributed by atoms with Crippen LogP contribution >= 0.6 is 0 Å². The van der Waals surface area contributed by atoms with Gasteiger partial charge in [-0.05, 0) is 26.3 Å². The molecule has 0 spiro atoms. The number of hydrogen-bond acceptors (Lipinski definition) is 4. The minimum absolute atomic E-state index is 0.118. The molecule has 1 aromatic carbocycles. The third kappa shape index (κ3) is 5.52. The molecule has 0 heterocycles. The van der Waals surface area contributed by atoms with Crippen LogP contribution in [0.3, 0.4) is 0 Å². The van der Waals surface area contributed by atoms with Crippen LogP contribution in [0.15, 0.2) is 40.6 Å². The van der Waals surface area contributed by atoms with E-state index >= 15 is 0 Å². The van der Waals surface area contributed by atoms with Gasteiger partial charge in [0.1, 0.15) is 0 Å². The number of benzene rings is 1. The predicted molar refractivity (Wildman–Crippen MR) is 70.5 cm³/mol. The van der Waals surface area contributed by atoms with Crippen molar-refractivity contribution in [3.63, 3.8) is 0 Å². The summed E-state index contributed by atoms with van der Waals surface area (Å²) in [6.07, 6.45) is 0. The van der Waals surface area contributed by atoms with E-state index in [4.69, 9.17) is 0 Å². The molecule has 0 radical (unpaired) electrons. The summed E-state index contributed by atoms with van der Waals surface area (Å²) in [4.78, 5) is 10.4. The lowest BCUT2D eigenvalue weighted by atomic mass is 10.00. The standard InChI is InChI=1S/C13H19N3O2/c1-13(2,3)15-14-9-12(10-16(17)18)11-7-5-4-6-8-11/h4-8,12H,9-10H2,1-3H3/t12-/m1/s1. The van der Waals surface area contributed by atoms with Crippen molar-refractivity contribution in [2.75, 3.05) is 13.1 Å². The number of nitrogens with zero attached hydrogens (tertiary/aromatic N) is 3. The van der Waals surface area contributed by atoms with Gasteiger partial charge in [-0.2, -0.15) is 10.2 Å². The highest BCUT2D eigenvalue weighted by Gasteiger charge is 2.17. The Bertz CT molecular complexity index is 410. The third-order valence-electron chi connectivity index (χ3n) is 2.31. The summed E-state index contributed by atoms with van der Waals surface area (Å²) in [5, 5.41) is 18.9. The Morgan fingerprint density at radius 2 is 1.89 bits per heavy atom. The predicted octanol–water partition coefficient (Wildman–Crippen LogP) is 3.30. The Morgan fingerprint density at radius 1 is 1.28 bits per heavy atom. The molecule has 0 aliphatic heterocycles. The van der Waals surface area contributed by atoms with Crippen LogP contribution in [0.1, 0.15) is 32.3 Å². The number of hydrogen-bond donors (Lipinski definition) is 0. The largest absolute Gasteiger partial charge is 0.265 e. The minimum Gasteiger partial charge on any atom is -0.265 e. The van der Waals surface area contributed by atoms with Gasteiger partial charge in [-0.3, -0.25) is 10.1 Å². The molecule has 18 heavy (non-hydrogen) atoms. The summed E-state index contributed by atoms with van der Waals surface area (Å²) in [6, 6.07) is 9.43. The highest BCUT2D eigenvalue weighted by molar-refractivity contribution is 5.19. The molecule has 0 bridgehead atoms. The summed E-state index contributed by atoms with van der Waals surface area (Å²) in [5.41, 5.74) is 0.692. The van der Waals surface area contributed by atoms with E-state index in [1.807, 2.05) is 51.1 Å². The second-order valence-electron chi connectivity index (χ2n) is 5.22. The molecule has 1 rings (SSSR count). The molecule has 0 N–H and O–H groups in total. The molecule has 0 fully saturated rings. The van der Waals surface area contributed by atoms with Crippen LogP contribution in [0.2, 0.25) is 0 Å². The summed E-state index contributed by atoms with van der Waals surface area (Å²) in [6.45, 7) is 6.07. The van der Waals surface area contributed by atoms with Crippen molar-refractivity contribution in [2.45, 2.75) is 32.2 Å². The van der Waals surface area contributed by atoms with Crippen LogP contribution in [0.4, 0.5) is 0 Å². The molecule has 0 saturated carbocycles. The molecule has 0 saturated heterocycles. The highest BCUT2D eigenvalue weighted by atomic mass is 16.6. The van der Waals surface area contributed by atoms with Gasteiger partial charge in [0.25, 0.3) is 0 Å². The van der Waals surface area contributed by atoms with Crippen LogP contribution in [0.5, 0.6) is 0 Å². The van der Waals surface area contributed by atoms with Gasteiger partial charge in [0.05, 0.1) is 18.0 Å². The van der Waals surface area contributed by atoms with Gasteiger partial charge in [0, 0.05) is 4.92 Å². The van der Waals surface area contributed by atoms with Gasteiger partial charge in [0.2, 0.25) is 6.54 Å². The zero-order valence-corrected chi connectivity index (χ0v) is 11.0. The molecular weight excluding hydrogens is 230 g/mol. The molecule has 0 aliphatic carbocycles. The Hall–Kier alpha value is -1.78. The smallest absolute Gasteiger partial charge is 0.212 e. The van der Waals surface area contributed by atoms with E-state index in [9.17, 15) is 10.1 Å². The fourth-order valence-corrected chi connectivity index (χ4v) is 1.53. The van der Waals surface area contributed by atoms with E-state index in [1.54, 1.807) is 0 Å². The zero-order valence-electron chi connectivity index (χ0n) is 11.0. The number of azo groups is 1. The molecule has 5 nitrogen and oxygen atoms in total. The first-order valence-corrected chi connectivity index (χ1v) is 5.94. The summed E-state index contributed by atoms with van der Waals surface area (Å²) in [5.74, 6) is -0.215. The normalized spacial score (nSPS) is 13.7. The summed E-state index contributed by atoms with van der Waals surface area (Å²) < 4.78 is 0. The van der Waals surface area contributed by atoms with Crippen molar-refractivity contribution in [3.05, 3.63) is 46.0 Å². The maximum atomic E-state index is 10.7. The van der Waals surface area contributed by atoms with E-state index in [0.29, 0.717) is 6.54 Å². The lowest BCUT2D eigenvalue weighted by molar-refractivity contribution is -0.483. The summed E-state index contributed by atoms with van der Waals surface area (Å²) in [7, 11) is 0. The van der Waals surface area contributed by atoms with Gasteiger partial charge in [0.15, 0.2) is 0 Å². The summed E-state index contributed by atoms with van der Waals surface area (Å²) >= 11 is 0. The Kier molecular flexibility index (Phi) is 4.95. The van der Waals surface area contributed by atoms with Gasteiger partial charge < -0.3 is 0 Å². The Labute approximate surface area is 107 Å². The fraction of sp³-hybridized carbons (Fsp3) is 0.538. The van der Waals surface area contributed by atoms with Crippen molar-refractivity contribution < 1.29 is 4.92 Å². The molecule has 98 valence electrons. The molecule has 0 unspecified atom stereocenters. The lowest BCUT2D eigenvalue weighted by Gasteiger charge is -2.12. The van der Waals surface area contributed by atoms with E-state index in [-0.39, 0.29) is 22.9 Å². The van der Waals surface area contributed by atoms with Gasteiger partial charge in [-0.15, -0.1) is 0 Å². The van der Waals surface area contributed by atoms with Crippen molar-refractivity contribution in [3.8, 4) is 0 Å². The van der Waals surface area contributed by atoms with Crippen LogP contribution in [0, 0.1) is 10.1 Å². The SMILES string of the molecule is CC(C)(C)N=NC[C@H](C[N+](=O)[O-])c1ccccc1. The third-order valence-corrected chi connectivity index (χ3v) is 2.31. The van der Waals surface area contributed by atoms with Gasteiger partial charge in [-0.25, -0.2) is 0 Å². The first-order chi connectivity index (χ1) is 8.38. The molecule has 0 amide bonds. The van der Waals surface area contributed by atoms with E-state index in [0.717, 1.165) is 5.56 Å². The van der Waals surface area contributed by atoms with E-state index in [1.165, 1.54) is 0 Å². The van der Waals surface area contributed by atoms with E-state index in [2.05, 4.69) is 10.2 Å². The van der Waals surface area contributed by atoms with Crippen molar-refractivity contribution >= 4 is 0 Å². The first-order valence-electron chi connectivity index (χ1n) is 5.94. The van der Waals surface area contributed by atoms with Gasteiger partial charge in [-0.1, -0.05) is 30.3 Å². The van der Waals surface area contributed by atoms with Crippen molar-refractivity contribution in [1.82, 2.24) is 0 Å². The maximum Gasteiger partial charge on any atom is 0.212 e. The lowest BCUT2D eigenvalue weighted by Crippen LogP contribution is -2.16. The highest BCUT2D eigenvalue weighted by Crippen LogP contribution is 2.17. The monoisotopic (exact) mass is 249 g/mol. The molecule has 1 aromatic rings. The molecular formula is C13H19N3O2. The van der Waals surface area contributed by atoms with Gasteiger partial charge >= 0.3 is 0 Å². The Balaban J connectivity index is 2.74. The van der Waals surface area contributed by atoms with Crippen LogP contribution < -0.4 is 0 Å². The number of rotatable bonds is 5. The average Bonchev–Trinajstić information content (AvgIpc) is 2.27. The maximum absolute atomic E-state index is 10.7. The molecule has 0 aliphatic rings. The molecule has 0 aromatic heterocycles. The van der Waals surface area contributed by atoms with Crippen LogP contribution in [-0.2, 0) is 0 Å². The van der Waals surface area contributed by atoms with Crippen molar-refractivity contribution in [2.24, 2.45) is 10.2 Å². The van der Waals surface area contributed by atoms with Crippen LogP contribution in [-0.4, -0.2) is 23.6 Å². The quantitative estimate of drug-likeness (QED) is 0.456. The second kappa shape index (κ2) is 6.23. The zero-order chi connectivity index (χ0) is 13.6.